The Morgan fingerprint density at radius 2 is 1.91 bits per heavy atom. The first-order chi connectivity index (χ1) is 16.5. The van der Waals surface area contributed by atoms with Gasteiger partial charge in [0, 0.05) is 24.2 Å². The fourth-order valence-electron chi connectivity index (χ4n) is 4.63. The number of amides is 3. The summed E-state index contributed by atoms with van der Waals surface area (Å²) < 4.78 is 4.99. The second-order valence-corrected chi connectivity index (χ2v) is 8.49. The number of aromatic hydroxyl groups is 1. The standard InChI is InChI=1S/C26H25N3O5/c30-23-20-8-2-1-6-18(20)10-11-21(23)25(32)29-12-4-9-22(29)24(31)27-16-17-5-3-7-19(15-17)28-13-14-34-26(28)33/h1-3,5-8,10-11,15,22,30H,4,9,12-14,16H2,(H,27,31). The molecule has 1 unspecified atom stereocenters. The number of phenolic OH excluding ortho intramolecular Hbond substituents is 1. The smallest absolute Gasteiger partial charge is 0.414 e. The number of benzene rings is 3. The van der Waals surface area contributed by atoms with Gasteiger partial charge in [0.1, 0.15) is 18.4 Å². The van der Waals surface area contributed by atoms with E-state index in [4.69, 9.17) is 4.74 Å². The van der Waals surface area contributed by atoms with Crippen LogP contribution in [-0.4, -0.2) is 53.7 Å². The van der Waals surface area contributed by atoms with Crippen molar-refractivity contribution in [1.29, 1.82) is 0 Å². The second-order valence-electron chi connectivity index (χ2n) is 8.49. The fourth-order valence-corrected chi connectivity index (χ4v) is 4.63. The zero-order valence-corrected chi connectivity index (χ0v) is 18.6. The van der Waals surface area contributed by atoms with E-state index in [-0.39, 0.29) is 35.8 Å². The molecule has 0 spiro atoms. The minimum atomic E-state index is -0.602. The summed E-state index contributed by atoms with van der Waals surface area (Å²) in [6, 6.07) is 17.5. The molecule has 34 heavy (non-hydrogen) atoms. The molecule has 2 saturated heterocycles. The number of ether oxygens (including phenoxy) is 1. The number of nitrogens with zero attached hydrogens (tertiary/aromatic N) is 2. The molecule has 0 radical (unpaired) electrons. The molecule has 2 N–H and O–H groups in total. The maximum absolute atomic E-state index is 13.3. The Bertz CT molecular complexity index is 1270. The lowest BCUT2D eigenvalue weighted by atomic mass is 10.0. The van der Waals surface area contributed by atoms with Crippen molar-refractivity contribution in [2.24, 2.45) is 0 Å². The highest BCUT2D eigenvalue weighted by Crippen LogP contribution is 2.31. The van der Waals surface area contributed by atoms with Crippen molar-refractivity contribution >= 4 is 34.4 Å². The van der Waals surface area contributed by atoms with Crippen molar-refractivity contribution in [3.63, 3.8) is 0 Å². The van der Waals surface area contributed by atoms with Gasteiger partial charge in [-0.1, -0.05) is 42.5 Å². The Kier molecular flexibility index (Phi) is 5.79. The average Bonchev–Trinajstić information content (AvgIpc) is 3.52. The molecular formula is C26H25N3O5. The molecular weight excluding hydrogens is 434 g/mol. The number of likely N-dealkylation sites (tertiary alicyclic amines) is 1. The van der Waals surface area contributed by atoms with Crippen molar-refractivity contribution in [3.8, 4) is 5.75 Å². The van der Waals surface area contributed by atoms with Crippen LogP contribution in [0.25, 0.3) is 10.8 Å². The first kappa shape index (κ1) is 21.8. The van der Waals surface area contributed by atoms with Gasteiger partial charge in [-0.15, -0.1) is 0 Å². The molecule has 8 heteroatoms. The van der Waals surface area contributed by atoms with E-state index in [0.29, 0.717) is 37.9 Å². The van der Waals surface area contributed by atoms with Gasteiger partial charge in [0.05, 0.1) is 12.1 Å². The highest BCUT2D eigenvalue weighted by molar-refractivity contribution is 6.05. The highest BCUT2D eigenvalue weighted by atomic mass is 16.6. The van der Waals surface area contributed by atoms with Crippen LogP contribution in [0.2, 0.25) is 0 Å². The van der Waals surface area contributed by atoms with Gasteiger partial charge in [-0.05, 0) is 42.0 Å². The predicted molar refractivity (Wildman–Crippen MR) is 127 cm³/mol. The molecule has 3 aromatic rings. The first-order valence-electron chi connectivity index (χ1n) is 11.4. The van der Waals surface area contributed by atoms with Gasteiger partial charge in [-0.3, -0.25) is 14.5 Å². The van der Waals surface area contributed by atoms with E-state index >= 15 is 0 Å². The highest BCUT2D eigenvalue weighted by Gasteiger charge is 2.35. The minimum absolute atomic E-state index is 0.0635. The third-order valence-electron chi connectivity index (χ3n) is 6.40. The zero-order valence-electron chi connectivity index (χ0n) is 18.6. The summed E-state index contributed by atoms with van der Waals surface area (Å²) in [5.41, 5.74) is 1.76. The lowest BCUT2D eigenvalue weighted by molar-refractivity contribution is -0.125. The van der Waals surface area contributed by atoms with Gasteiger partial charge in [0.15, 0.2) is 0 Å². The Morgan fingerprint density at radius 1 is 1.06 bits per heavy atom. The largest absolute Gasteiger partial charge is 0.506 e. The normalized spacial score (nSPS) is 17.8. The Labute approximate surface area is 196 Å². The van der Waals surface area contributed by atoms with Crippen LogP contribution in [0.15, 0.2) is 60.7 Å². The van der Waals surface area contributed by atoms with Crippen LogP contribution in [0.3, 0.4) is 0 Å². The van der Waals surface area contributed by atoms with Crippen LogP contribution in [0, 0.1) is 0 Å². The molecule has 2 fully saturated rings. The molecule has 0 bridgehead atoms. The SMILES string of the molecule is O=C(NCc1cccc(N2CCOC2=O)c1)C1CCCN1C(=O)c1ccc2ccccc2c1O. The van der Waals surface area contributed by atoms with Crippen LogP contribution in [0.5, 0.6) is 5.75 Å². The number of nitrogens with one attached hydrogen (secondary N) is 1. The van der Waals surface area contributed by atoms with Crippen molar-refractivity contribution < 1.29 is 24.2 Å². The Hall–Kier alpha value is -4.07. The molecule has 2 heterocycles. The topological polar surface area (TPSA) is 99.2 Å². The molecule has 174 valence electrons. The van der Waals surface area contributed by atoms with Gasteiger partial charge < -0.3 is 20.1 Å². The maximum Gasteiger partial charge on any atom is 0.414 e. The van der Waals surface area contributed by atoms with E-state index in [1.165, 1.54) is 4.90 Å². The monoisotopic (exact) mass is 459 g/mol. The van der Waals surface area contributed by atoms with Crippen molar-refractivity contribution in [2.45, 2.75) is 25.4 Å². The molecule has 2 aliphatic rings. The molecule has 2 aliphatic heterocycles. The average molecular weight is 460 g/mol. The lowest BCUT2D eigenvalue weighted by Gasteiger charge is -2.24. The van der Waals surface area contributed by atoms with E-state index < -0.39 is 6.04 Å². The second kappa shape index (κ2) is 9.05. The van der Waals surface area contributed by atoms with Crippen molar-refractivity contribution in [2.75, 3.05) is 24.6 Å². The number of anilines is 1. The van der Waals surface area contributed by atoms with Crippen LogP contribution < -0.4 is 10.2 Å². The predicted octanol–water partition coefficient (Wildman–Crippen LogP) is 3.42. The molecule has 3 aromatic carbocycles. The minimum Gasteiger partial charge on any atom is -0.506 e. The molecule has 1 atom stereocenters. The van der Waals surface area contributed by atoms with Crippen molar-refractivity contribution in [1.82, 2.24) is 10.2 Å². The van der Waals surface area contributed by atoms with Crippen LogP contribution in [-0.2, 0) is 16.1 Å². The number of phenols is 1. The van der Waals surface area contributed by atoms with Crippen molar-refractivity contribution in [3.05, 3.63) is 71.8 Å². The summed E-state index contributed by atoms with van der Waals surface area (Å²) in [6.45, 7) is 1.58. The fraction of sp³-hybridized carbons (Fsp3) is 0.269. The van der Waals surface area contributed by atoms with Gasteiger partial charge in [0.2, 0.25) is 5.91 Å². The number of fused-ring (bicyclic) bond motifs is 1. The number of hydrogen-bond donors (Lipinski definition) is 2. The third kappa shape index (κ3) is 4.03. The maximum atomic E-state index is 13.3. The van der Waals surface area contributed by atoms with Crippen LogP contribution in [0.1, 0.15) is 28.8 Å². The zero-order chi connectivity index (χ0) is 23.7. The van der Waals surface area contributed by atoms with Gasteiger partial charge >= 0.3 is 6.09 Å². The molecule has 8 nitrogen and oxygen atoms in total. The van der Waals surface area contributed by atoms with E-state index in [9.17, 15) is 19.5 Å². The van der Waals surface area contributed by atoms with Crippen LogP contribution in [0.4, 0.5) is 10.5 Å². The van der Waals surface area contributed by atoms with Gasteiger partial charge in [0.25, 0.3) is 5.91 Å². The Balaban J connectivity index is 1.28. The summed E-state index contributed by atoms with van der Waals surface area (Å²) in [5.74, 6) is -0.654. The molecule has 0 saturated carbocycles. The summed E-state index contributed by atoms with van der Waals surface area (Å²) in [4.78, 5) is 41.2. The van der Waals surface area contributed by atoms with Gasteiger partial charge in [-0.2, -0.15) is 0 Å². The molecule has 5 rings (SSSR count). The van der Waals surface area contributed by atoms with E-state index in [2.05, 4.69) is 5.32 Å². The summed E-state index contributed by atoms with van der Waals surface area (Å²) >= 11 is 0. The van der Waals surface area contributed by atoms with E-state index in [1.807, 2.05) is 42.5 Å². The summed E-state index contributed by atoms with van der Waals surface area (Å²) in [5, 5.41) is 15.1. The number of hydrogen-bond acceptors (Lipinski definition) is 5. The molecule has 0 aliphatic carbocycles. The lowest BCUT2D eigenvalue weighted by Crippen LogP contribution is -2.45. The van der Waals surface area contributed by atoms with Crippen LogP contribution >= 0.6 is 0 Å². The van der Waals surface area contributed by atoms with E-state index in [0.717, 1.165) is 16.6 Å². The quantitative estimate of drug-likeness (QED) is 0.609. The number of cyclic esters (lactones) is 1. The molecule has 3 amide bonds. The number of carbonyl (C=O) groups is 3. The summed E-state index contributed by atoms with van der Waals surface area (Å²) in [6.07, 6.45) is 0.897. The molecule has 0 aromatic heterocycles. The van der Waals surface area contributed by atoms with E-state index in [1.54, 1.807) is 23.1 Å². The Morgan fingerprint density at radius 3 is 2.74 bits per heavy atom. The first-order valence-corrected chi connectivity index (χ1v) is 11.4. The third-order valence-corrected chi connectivity index (χ3v) is 6.40. The number of carbonyl (C=O) groups excluding carboxylic acids is 3. The summed E-state index contributed by atoms with van der Waals surface area (Å²) in [7, 11) is 0. The van der Waals surface area contributed by atoms with Gasteiger partial charge in [-0.25, -0.2) is 4.79 Å². The number of rotatable bonds is 5.